The number of nitrogens with one attached hydrogen (secondary N) is 1. The van der Waals surface area contributed by atoms with Crippen LogP contribution in [0.5, 0.6) is 5.75 Å². The van der Waals surface area contributed by atoms with Crippen LogP contribution in [0.4, 0.5) is 0 Å². The Labute approximate surface area is 162 Å². The SMILES string of the molecule is CCC(=O)NC[C@H]1[C@H]2CN(CCOc3ccc(C)cc3C)C[C@]23CC[C@H]1O3. The van der Waals surface area contributed by atoms with Crippen molar-refractivity contribution in [1.29, 1.82) is 0 Å². The number of benzene rings is 1. The van der Waals surface area contributed by atoms with Crippen molar-refractivity contribution in [3.8, 4) is 5.75 Å². The Morgan fingerprint density at radius 1 is 1.41 bits per heavy atom. The van der Waals surface area contributed by atoms with Crippen molar-refractivity contribution >= 4 is 5.91 Å². The molecule has 3 aliphatic heterocycles. The van der Waals surface area contributed by atoms with E-state index in [-0.39, 0.29) is 11.5 Å². The van der Waals surface area contributed by atoms with Crippen LogP contribution in [0.2, 0.25) is 0 Å². The molecule has 2 bridgehead atoms. The van der Waals surface area contributed by atoms with Crippen LogP contribution >= 0.6 is 0 Å². The molecular formula is C22H32N2O3. The maximum Gasteiger partial charge on any atom is 0.219 e. The minimum absolute atomic E-state index is 0.0199. The van der Waals surface area contributed by atoms with Gasteiger partial charge in [-0.05, 0) is 38.3 Å². The Kier molecular flexibility index (Phi) is 5.17. The van der Waals surface area contributed by atoms with E-state index in [9.17, 15) is 4.79 Å². The molecule has 3 saturated heterocycles. The molecule has 1 aromatic carbocycles. The Morgan fingerprint density at radius 3 is 3.04 bits per heavy atom. The first-order chi connectivity index (χ1) is 13.0. The van der Waals surface area contributed by atoms with E-state index in [1.807, 2.05) is 6.92 Å². The molecule has 0 radical (unpaired) electrons. The molecule has 0 unspecified atom stereocenters. The molecule has 1 amide bonds. The number of amides is 1. The van der Waals surface area contributed by atoms with E-state index in [1.54, 1.807) is 0 Å². The van der Waals surface area contributed by atoms with Crippen molar-refractivity contribution in [2.45, 2.75) is 51.7 Å². The number of ether oxygens (including phenoxy) is 2. The third-order valence-corrected chi connectivity index (χ3v) is 6.71. The maximum atomic E-state index is 11.7. The van der Waals surface area contributed by atoms with E-state index in [0.29, 0.717) is 31.0 Å². The van der Waals surface area contributed by atoms with Crippen LogP contribution in [0.1, 0.15) is 37.3 Å². The number of hydrogen-bond acceptors (Lipinski definition) is 4. The van der Waals surface area contributed by atoms with Crippen molar-refractivity contribution in [3.05, 3.63) is 29.3 Å². The number of aryl methyl sites for hydroxylation is 2. The highest BCUT2D eigenvalue weighted by atomic mass is 16.5. The molecule has 3 fully saturated rings. The van der Waals surface area contributed by atoms with Crippen LogP contribution in [0, 0.1) is 25.7 Å². The fraction of sp³-hybridized carbons (Fsp3) is 0.682. The molecule has 1 N–H and O–H groups in total. The molecule has 3 heterocycles. The number of likely N-dealkylation sites (tertiary alicyclic amines) is 1. The van der Waals surface area contributed by atoms with E-state index in [1.165, 1.54) is 11.1 Å². The molecule has 0 aromatic heterocycles. The van der Waals surface area contributed by atoms with Crippen LogP contribution in [-0.2, 0) is 9.53 Å². The number of carbonyl (C=O) groups is 1. The van der Waals surface area contributed by atoms with E-state index in [2.05, 4.69) is 42.3 Å². The number of rotatable bonds is 7. The van der Waals surface area contributed by atoms with E-state index in [4.69, 9.17) is 9.47 Å². The van der Waals surface area contributed by atoms with E-state index < -0.39 is 0 Å². The van der Waals surface area contributed by atoms with Gasteiger partial charge in [0.05, 0.1) is 11.7 Å². The highest BCUT2D eigenvalue weighted by molar-refractivity contribution is 5.75. The van der Waals surface area contributed by atoms with Gasteiger partial charge in [-0.1, -0.05) is 24.6 Å². The monoisotopic (exact) mass is 372 g/mol. The van der Waals surface area contributed by atoms with Gasteiger partial charge in [0.2, 0.25) is 5.91 Å². The van der Waals surface area contributed by atoms with Gasteiger partial charge in [-0.25, -0.2) is 0 Å². The molecule has 5 heteroatoms. The zero-order valence-electron chi connectivity index (χ0n) is 16.8. The minimum atomic E-state index is 0.0199. The lowest BCUT2D eigenvalue weighted by Crippen LogP contribution is -2.41. The molecule has 4 rings (SSSR count). The Morgan fingerprint density at radius 2 is 2.26 bits per heavy atom. The quantitative estimate of drug-likeness (QED) is 0.800. The average Bonchev–Trinajstić information content (AvgIpc) is 3.29. The summed E-state index contributed by atoms with van der Waals surface area (Å²) in [4.78, 5) is 14.2. The van der Waals surface area contributed by atoms with Crippen molar-refractivity contribution in [1.82, 2.24) is 10.2 Å². The fourth-order valence-electron chi connectivity index (χ4n) is 5.33. The van der Waals surface area contributed by atoms with Gasteiger partial charge in [0.15, 0.2) is 0 Å². The molecule has 4 atom stereocenters. The summed E-state index contributed by atoms with van der Waals surface area (Å²) in [6.45, 7) is 10.6. The van der Waals surface area contributed by atoms with Gasteiger partial charge in [-0.3, -0.25) is 9.69 Å². The van der Waals surface area contributed by atoms with Gasteiger partial charge in [-0.2, -0.15) is 0 Å². The summed E-state index contributed by atoms with van der Waals surface area (Å²) in [7, 11) is 0. The normalized spacial score (nSPS) is 31.9. The second-order valence-electron chi connectivity index (χ2n) is 8.54. The summed E-state index contributed by atoms with van der Waals surface area (Å²) >= 11 is 0. The van der Waals surface area contributed by atoms with Crippen LogP contribution < -0.4 is 10.1 Å². The molecule has 1 spiro atoms. The van der Waals surface area contributed by atoms with Gasteiger partial charge < -0.3 is 14.8 Å². The molecule has 3 aliphatic rings. The standard InChI is InChI=1S/C22H32N2O3/c1-4-21(25)23-12-17-18-13-24(14-22(18)8-7-20(17)27-22)9-10-26-19-6-5-15(2)11-16(19)3/h5-6,11,17-18,20H,4,7-10,12-14H2,1-3H3,(H,23,25)/t17-,18+,20+,22+/m0/s1. The molecular weight excluding hydrogens is 340 g/mol. The zero-order chi connectivity index (χ0) is 19.0. The van der Waals surface area contributed by atoms with Gasteiger partial charge in [0.25, 0.3) is 0 Å². The lowest BCUT2D eigenvalue weighted by molar-refractivity contribution is -0.121. The molecule has 0 aliphatic carbocycles. The van der Waals surface area contributed by atoms with Crippen molar-refractivity contribution < 1.29 is 14.3 Å². The highest BCUT2D eigenvalue weighted by Gasteiger charge is 2.62. The Bertz CT molecular complexity index is 707. The number of fused-ring (bicyclic) bond motifs is 1. The predicted molar refractivity (Wildman–Crippen MR) is 105 cm³/mol. The average molecular weight is 373 g/mol. The number of carbonyl (C=O) groups excluding carboxylic acids is 1. The summed E-state index contributed by atoms with van der Waals surface area (Å²) in [5, 5.41) is 3.10. The van der Waals surface area contributed by atoms with Gasteiger partial charge >= 0.3 is 0 Å². The number of nitrogens with zero attached hydrogens (tertiary/aromatic N) is 1. The lowest BCUT2D eigenvalue weighted by Gasteiger charge is -2.29. The van der Waals surface area contributed by atoms with Crippen LogP contribution in [-0.4, -0.2) is 55.3 Å². The Balaban J connectivity index is 1.31. The summed E-state index contributed by atoms with van der Waals surface area (Å²) in [6.07, 6.45) is 3.18. The van der Waals surface area contributed by atoms with Gasteiger partial charge in [0.1, 0.15) is 12.4 Å². The summed E-state index contributed by atoms with van der Waals surface area (Å²) < 4.78 is 12.5. The van der Waals surface area contributed by atoms with Crippen LogP contribution in [0.3, 0.4) is 0 Å². The third kappa shape index (κ3) is 3.59. The van der Waals surface area contributed by atoms with E-state index >= 15 is 0 Å². The first-order valence-corrected chi connectivity index (χ1v) is 10.4. The summed E-state index contributed by atoms with van der Waals surface area (Å²) in [5.41, 5.74) is 2.48. The lowest BCUT2D eigenvalue weighted by atomic mass is 9.73. The van der Waals surface area contributed by atoms with Crippen LogP contribution in [0.25, 0.3) is 0 Å². The summed E-state index contributed by atoms with van der Waals surface area (Å²) in [5.74, 6) is 2.12. The van der Waals surface area contributed by atoms with Gasteiger partial charge in [0, 0.05) is 44.4 Å². The highest BCUT2D eigenvalue weighted by Crippen LogP contribution is 2.54. The van der Waals surface area contributed by atoms with Crippen molar-refractivity contribution in [2.24, 2.45) is 11.8 Å². The Hall–Kier alpha value is -1.59. The second kappa shape index (κ2) is 7.44. The largest absolute Gasteiger partial charge is 0.492 e. The van der Waals surface area contributed by atoms with Crippen molar-refractivity contribution in [3.63, 3.8) is 0 Å². The maximum absolute atomic E-state index is 11.7. The van der Waals surface area contributed by atoms with E-state index in [0.717, 1.165) is 44.8 Å². The van der Waals surface area contributed by atoms with Gasteiger partial charge in [-0.15, -0.1) is 0 Å². The first-order valence-electron chi connectivity index (χ1n) is 10.4. The molecule has 0 saturated carbocycles. The van der Waals surface area contributed by atoms with Crippen LogP contribution in [0.15, 0.2) is 18.2 Å². The molecule has 27 heavy (non-hydrogen) atoms. The first kappa shape index (κ1) is 18.8. The predicted octanol–water partition coefficient (Wildman–Crippen LogP) is 2.69. The molecule has 1 aromatic rings. The third-order valence-electron chi connectivity index (χ3n) is 6.71. The second-order valence-corrected chi connectivity index (χ2v) is 8.54. The molecule has 148 valence electrons. The zero-order valence-corrected chi connectivity index (χ0v) is 16.8. The fourth-order valence-corrected chi connectivity index (χ4v) is 5.33. The topological polar surface area (TPSA) is 50.8 Å². The summed E-state index contributed by atoms with van der Waals surface area (Å²) in [6, 6.07) is 6.33. The minimum Gasteiger partial charge on any atom is -0.492 e. The van der Waals surface area contributed by atoms with Crippen molar-refractivity contribution in [2.75, 3.05) is 32.8 Å². The smallest absolute Gasteiger partial charge is 0.219 e. The number of hydrogen-bond donors (Lipinski definition) is 1. The molecule has 5 nitrogen and oxygen atoms in total.